The number of halogens is 4. The van der Waals surface area contributed by atoms with Crippen LogP contribution in [0.3, 0.4) is 0 Å². The van der Waals surface area contributed by atoms with Crippen molar-refractivity contribution in [3.63, 3.8) is 0 Å². The van der Waals surface area contributed by atoms with E-state index in [4.69, 9.17) is 20.6 Å². The van der Waals surface area contributed by atoms with Crippen LogP contribution in [0.15, 0.2) is 54.8 Å². The maximum atomic E-state index is 10.6. The third kappa shape index (κ3) is 23.1. The Kier molecular flexibility index (Phi) is 25.1. The number of carbonyl (C=O) groups excluding carboxylic acids is 1. The highest BCUT2D eigenvalue weighted by atomic mass is 79.9. The summed E-state index contributed by atoms with van der Waals surface area (Å²) in [5.74, 6) is 3.69. The lowest BCUT2D eigenvalue weighted by molar-refractivity contribution is -0.117. The molecule has 0 aromatic heterocycles. The Balaban J connectivity index is 0.000000617. The van der Waals surface area contributed by atoms with E-state index < -0.39 is 21.8 Å². The largest absolute Gasteiger partial charge is 0.491 e. The molecule has 2 fully saturated rings. The topological polar surface area (TPSA) is 144 Å². The van der Waals surface area contributed by atoms with Crippen molar-refractivity contribution in [2.45, 2.75) is 130 Å². The highest BCUT2D eigenvalue weighted by molar-refractivity contribution is 9.11. The van der Waals surface area contributed by atoms with Crippen LogP contribution in [0.1, 0.15) is 112 Å². The van der Waals surface area contributed by atoms with Crippen molar-refractivity contribution >= 4 is 79.7 Å². The minimum absolute atomic E-state index is 0.0511. The molecule has 2 aromatic rings. The van der Waals surface area contributed by atoms with Gasteiger partial charge < -0.3 is 29.7 Å². The zero-order chi connectivity index (χ0) is 47.7. The molecule has 1 aliphatic carbocycles. The van der Waals surface area contributed by atoms with Crippen molar-refractivity contribution in [1.29, 1.82) is 0 Å². The quantitative estimate of drug-likeness (QED) is 0.0550. The number of benzene rings is 2. The molecule has 11 nitrogen and oxygen atoms in total. The number of terminal acetylenes is 1. The van der Waals surface area contributed by atoms with E-state index in [1.54, 1.807) is 20.8 Å². The van der Waals surface area contributed by atoms with Gasteiger partial charge in [0.2, 0.25) is 5.91 Å². The number of hydrogen-bond donors (Lipinski definition) is 3. The normalized spacial score (nSPS) is 16.0. The van der Waals surface area contributed by atoms with Gasteiger partial charge in [0.1, 0.15) is 30.8 Å². The monoisotopic (exact) mass is 1140 g/mol. The average Bonchev–Trinajstić information content (AvgIpc) is 4.00. The van der Waals surface area contributed by atoms with Crippen molar-refractivity contribution in [2.75, 3.05) is 52.4 Å². The average molecular weight is 1150 g/mol. The minimum atomic E-state index is -3.28. The van der Waals surface area contributed by atoms with Gasteiger partial charge in [0.25, 0.3) is 10.1 Å². The molecular formula is C46H70Br4N2O9S. The van der Waals surface area contributed by atoms with Crippen molar-refractivity contribution in [3.05, 3.63) is 65.9 Å². The summed E-state index contributed by atoms with van der Waals surface area (Å²) >= 11 is 14.9. The van der Waals surface area contributed by atoms with E-state index in [1.165, 1.54) is 36.7 Å². The minimum Gasteiger partial charge on any atom is -0.491 e. The van der Waals surface area contributed by atoms with Crippen molar-refractivity contribution in [3.8, 4) is 23.8 Å². The Labute approximate surface area is 406 Å². The molecule has 1 amide bonds. The molecule has 352 valence electrons. The van der Waals surface area contributed by atoms with E-state index in [1.807, 2.05) is 27.7 Å². The number of ether oxygens (including phenoxy) is 3. The summed E-state index contributed by atoms with van der Waals surface area (Å²) in [6, 6.07) is 8.57. The predicted octanol–water partition coefficient (Wildman–Crippen LogP) is 10.3. The summed E-state index contributed by atoms with van der Waals surface area (Å²) in [7, 11) is -3.28. The maximum Gasteiger partial charge on any atom is 0.264 e. The molecule has 0 bridgehead atoms. The van der Waals surface area contributed by atoms with E-state index >= 15 is 0 Å². The molecule has 2 aromatic carbocycles. The van der Waals surface area contributed by atoms with Crippen LogP contribution in [0.2, 0.25) is 0 Å². The molecule has 2 atom stereocenters. The lowest BCUT2D eigenvalue weighted by atomic mass is 9.65. The molecule has 0 spiro atoms. The third-order valence-electron chi connectivity index (χ3n) is 9.03. The molecule has 1 heterocycles. The van der Waals surface area contributed by atoms with Crippen LogP contribution >= 0.6 is 63.7 Å². The smallest absolute Gasteiger partial charge is 0.264 e. The van der Waals surface area contributed by atoms with Crippen molar-refractivity contribution in [2.24, 2.45) is 5.92 Å². The first-order chi connectivity index (χ1) is 28.5. The first-order valence-corrected chi connectivity index (χ1v) is 25.6. The van der Waals surface area contributed by atoms with Gasteiger partial charge in [0, 0.05) is 42.1 Å². The Morgan fingerprint density at radius 2 is 1.34 bits per heavy atom. The molecule has 2 unspecified atom stereocenters. The molecule has 0 radical (unpaired) electrons. The highest BCUT2D eigenvalue weighted by Crippen LogP contribution is 2.50. The van der Waals surface area contributed by atoms with E-state index in [9.17, 15) is 23.4 Å². The number of carbonyl (C=O) groups is 1. The van der Waals surface area contributed by atoms with Crippen LogP contribution in [0, 0.1) is 18.3 Å². The summed E-state index contributed by atoms with van der Waals surface area (Å²) in [5.41, 5.74) is 1.92. The van der Waals surface area contributed by atoms with Gasteiger partial charge in [-0.2, -0.15) is 8.42 Å². The van der Waals surface area contributed by atoms with E-state index in [2.05, 4.69) is 136 Å². The van der Waals surface area contributed by atoms with Crippen LogP contribution in [0.5, 0.6) is 11.5 Å². The molecule has 1 saturated carbocycles. The standard InChI is InChI=1S/C28H32Br4O5.C7H13NO.C6H13N.C5H12O3S/c1-3-9-35-16-21(34)17-37-27-24(31)12-20(13-25(27)32)28(7-5-4-6-8-28)19-10-22(29)26(23(30)11-19)36-15-18(2)14-33;1-5-6(9)8-7(2,3)4;1-6(2,3)7-4-5-7;1-5(2,3)8-9(4,6)7/h1,10-13,18,21,33-34H,4-9,14-17H2,2H3;5H,1H2,2-4H3,(H,8,9);4-5H2,1-3H3;1-4H3. The second kappa shape index (κ2) is 26.6. The number of nitrogens with zero attached hydrogens (tertiary/aromatic N) is 1. The fraction of sp³-hybridized carbons (Fsp3) is 0.630. The molecule has 62 heavy (non-hydrogen) atoms. The fourth-order valence-electron chi connectivity index (χ4n) is 6.20. The van der Waals surface area contributed by atoms with E-state index in [0.29, 0.717) is 17.9 Å². The zero-order valence-electron chi connectivity index (χ0n) is 38.4. The number of aliphatic hydroxyl groups is 2. The Bertz CT molecular complexity index is 1830. The van der Waals surface area contributed by atoms with Gasteiger partial charge in [-0.15, -0.1) is 6.42 Å². The van der Waals surface area contributed by atoms with Crippen molar-refractivity contribution in [1.82, 2.24) is 10.2 Å². The van der Waals surface area contributed by atoms with Gasteiger partial charge in [-0.3, -0.25) is 13.9 Å². The highest BCUT2D eigenvalue weighted by Gasteiger charge is 2.38. The molecule has 1 aliphatic heterocycles. The van der Waals surface area contributed by atoms with Gasteiger partial charge in [-0.05, 0) is 180 Å². The second-order valence-electron chi connectivity index (χ2n) is 18.5. The van der Waals surface area contributed by atoms with Gasteiger partial charge in [-0.1, -0.05) is 38.7 Å². The zero-order valence-corrected chi connectivity index (χ0v) is 45.6. The van der Waals surface area contributed by atoms with Crippen molar-refractivity contribution < 1.29 is 41.8 Å². The summed E-state index contributed by atoms with van der Waals surface area (Å²) < 4.78 is 46.0. The van der Waals surface area contributed by atoms with Crippen LogP contribution < -0.4 is 14.8 Å². The Morgan fingerprint density at radius 3 is 1.63 bits per heavy atom. The number of aliphatic hydroxyl groups excluding tert-OH is 2. The van der Waals surface area contributed by atoms with Crippen LogP contribution in [0.25, 0.3) is 0 Å². The van der Waals surface area contributed by atoms with E-state index in [-0.39, 0.29) is 49.2 Å². The molecule has 2 aliphatic rings. The van der Waals surface area contributed by atoms with Gasteiger partial charge >= 0.3 is 0 Å². The first-order valence-electron chi connectivity index (χ1n) is 20.6. The summed E-state index contributed by atoms with van der Waals surface area (Å²) in [4.78, 5) is 13.0. The number of amides is 1. The second-order valence-corrected chi connectivity index (χ2v) is 23.5. The SMILES string of the molecule is C#CCOCC(O)COc1c(Br)cc(C2(c3cc(Br)c(OCC(C)CO)c(Br)c3)CCCCC2)cc1Br.C=CC(=O)NC(C)(C)C.CC(C)(C)N1CC1.CC(C)(C)OS(C)(=O)=O. The molecular weight excluding hydrogens is 1080 g/mol. The number of rotatable bonds is 14. The predicted molar refractivity (Wildman–Crippen MR) is 266 cm³/mol. The number of hydrogen-bond acceptors (Lipinski definition) is 10. The first kappa shape index (κ1) is 58.5. The summed E-state index contributed by atoms with van der Waals surface area (Å²) in [6.45, 7) is 26.4. The molecule has 1 saturated heterocycles. The molecule has 16 heteroatoms. The Hall–Kier alpha value is -1.52. The fourth-order valence-corrected chi connectivity index (χ4v) is 9.94. The van der Waals surface area contributed by atoms with Crippen LogP contribution in [-0.4, -0.2) is 105 Å². The van der Waals surface area contributed by atoms with E-state index in [0.717, 1.165) is 55.6 Å². The summed E-state index contributed by atoms with van der Waals surface area (Å²) in [5, 5.41) is 22.2. The summed E-state index contributed by atoms with van der Waals surface area (Å²) in [6.07, 6.45) is 12.2. The maximum absolute atomic E-state index is 10.6. The molecule has 3 N–H and O–H groups in total. The number of nitrogens with one attached hydrogen (secondary N) is 1. The van der Waals surface area contributed by atoms with Crippen LogP contribution in [-0.2, 0) is 29.2 Å². The van der Waals surface area contributed by atoms with Gasteiger partial charge in [-0.25, -0.2) is 0 Å². The van der Waals surface area contributed by atoms with Gasteiger partial charge in [0.15, 0.2) is 0 Å². The van der Waals surface area contributed by atoms with Gasteiger partial charge in [0.05, 0.1) is 43.0 Å². The Morgan fingerprint density at radius 1 is 0.887 bits per heavy atom. The molecule has 4 rings (SSSR count). The lowest BCUT2D eigenvalue weighted by Crippen LogP contribution is -2.39. The third-order valence-corrected chi connectivity index (χ3v) is 12.2. The lowest BCUT2D eigenvalue weighted by Gasteiger charge is -2.39. The van der Waals surface area contributed by atoms with Crippen LogP contribution in [0.4, 0.5) is 0 Å².